The Bertz CT molecular complexity index is 969. The van der Waals surface area contributed by atoms with Crippen LogP contribution in [0.4, 0.5) is 4.79 Å². The quantitative estimate of drug-likeness (QED) is 0.605. The second-order valence-corrected chi connectivity index (χ2v) is 8.21. The van der Waals surface area contributed by atoms with E-state index in [0.29, 0.717) is 19.3 Å². The van der Waals surface area contributed by atoms with Crippen LogP contribution < -0.4 is 10.6 Å². The Morgan fingerprint density at radius 2 is 1.65 bits per heavy atom. The molecule has 0 heterocycles. The minimum Gasteiger partial charge on any atom is -0.480 e. The van der Waals surface area contributed by atoms with Gasteiger partial charge in [-0.25, -0.2) is 9.59 Å². The minimum atomic E-state index is -1.13. The summed E-state index contributed by atoms with van der Waals surface area (Å²) < 4.78 is 5.53. The first kappa shape index (κ1) is 20.9. The van der Waals surface area contributed by atoms with Gasteiger partial charge < -0.3 is 20.5 Å². The molecule has 2 aromatic rings. The minimum absolute atomic E-state index is 0.00965. The van der Waals surface area contributed by atoms with Crippen molar-refractivity contribution in [3.05, 3.63) is 59.7 Å². The lowest BCUT2D eigenvalue weighted by Gasteiger charge is -2.20. The number of alkyl carbamates (subject to hydrolysis) is 1. The van der Waals surface area contributed by atoms with E-state index < -0.39 is 23.6 Å². The van der Waals surface area contributed by atoms with Crippen LogP contribution in [0.5, 0.6) is 0 Å². The molecule has 0 aromatic heterocycles. The number of aliphatic carboxylic acids is 1. The highest BCUT2D eigenvalue weighted by molar-refractivity contribution is 5.89. The van der Waals surface area contributed by atoms with Gasteiger partial charge in [-0.1, -0.05) is 55.5 Å². The molecule has 0 bridgehead atoms. The number of amides is 2. The lowest BCUT2D eigenvalue weighted by Crippen LogP contribution is -2.46. The van der Waals surface area contributed by atoms with Gasteiger partial charge in [-0.3, -0.25) is 4.79 Å². The molecule has 2 aliphatic carbocycles. The summed E-state index contributed by atoms with van der Waals surface area (Å²) in [5.74, 6) is -1.43. The van der Waals surface area contributed by atoms with Crippen molar-refractivity contribution in [3.8, 4) is 11.1 Å². The highest BCUT2D eigenvalue weighted by Gasteiger charge is 2.51. The summed E-state index contributed by atoms with van der Waals surface area (Å²) in [6, 6.07) is 15.8. The summed E-state index contributed by atoms with van der Waals surface area (Å²) in [4.78, 5) is 35.9. The van der Waals surface area contributed by atoms with Crippen LogP contribution in [0.25, 0.3) is 11.1 Å². The zero-order valence-corrected chi connectivity index (χ0v) is 17.4. The fourth-order valence-corrected chi connectivity index (χ4v) is 4.16. The summed E-state index contributed by atoms with van der Waals surface area (Å²) in [5, 5.41) is 14.5. The summed E-state index contributed by atoms with van der Waals surface area (Å²) in [6.07, 6.45) is 0.823. The van der Waals surface area contributed by atoms with E-state index in [9.17, 15) is 19.5 Å². The molecule has 3 N–H and O–H groups in total. The SMILES string of the molecule is CCC(CC(=O)NC1(C(=O)O)CC1)NC(=O)OCC1c2ccccc2-c2ccccc21. The van der Waals surface area contributed by atoms with Crippen molar-refractivity contribution in [3.63, 3.8) is 0 Å². The largest absolute Gasteiger partial charge is 0.480 e. The summed E-state index contributed by atoms with van der Waals surface area (Å²) >= 11 is 0. The van der Waals surface area contributed by atoms with Crippen LogP contribution in [-0.4, -0.2) is 41.3 Å². The molecule has 7 nitrogen and oxygen atoms in total. The number of fused-ring (bicyclic) bond motifs is 3. The highest BCUT2D eigenvalue weighted by atomic mass is 16.5. The maximum Gasteiger partial charge on any atom is 0.407 e. The average molecular weight is 422 g/mol. The number of nitrogens with one attached hydrogen (secondary N) is 2. The Hall–Kier alpha value is -3.35. The third-order valence-electron chi connectivity index (χ3n) is 6.13. The van der Waals surface area contributed by atoms with Gasteiger partial charge in [0.1, 0.15) is 12.1 Å². The predicted molar refractivity (Wildman–Crippen MR) is 115 cm³/mol. The lowest BCUT2D eigenvalue weighted by atomic mass is 9.98. The van der Waals surface area contributed by atoms with E-state index in [4.69, 9.17) is 4.74 Å². The van der Waals surface area contributed by atoms with Crippen molar-refractivity contribution in [1.82, 2.24) is 10.6 Å². The first-order chi connectivity index (χ1) is 14.9. The Balaban J connectivity index is 1.33. The number of carboxylic acids is 1. The van der Waals surface area contributed by atoms with Crippen LogP contribution in [0.15, 0.2) is 48.5 Å². The maximum absolute atomic E-state index is 12.4. The molecule has 1 saturated carbocycles. The van der Waals surface area contributed by atoms with E-state index in [-0.39, 0.29) is 24.9 Å². The molecule has 1 fully saturated rings. The molecule has 1 atom stereocenters. The third kappa shape index (κ3) is 4.26. The topological polar surface area (TPSA) is 105 Å². The van der Waals surface area contributed by atoms with Crippen molar-refractivity contribution in [2.75, 3.05) is 6.61 Å². The number of carboxylic acid groups (broad SMARTS) is 1. The second-order valence-electron chi connectivity index (χ2n) is 8.21. The highest BCUT2D eigenvalue weighted by Crippen LogP contribution is 2.44. The first-order valence-corrected chi connectivity index (χ1v) is 10.6. The van der Waals surface area contributed by atoms with Gasteiger partial charge in [0.05, 0.1) is 0 Å². The third-order valence-corrected chi connectivity index (χ3v) is 6.13. The number of ether oxygens (including phenoxy) is 1. The van der Waals surface area contributed by atoms with Crippen LogP contribution in [0, 0.1) is 0 Å². The Morgan fingerprint density at radius 3 is 2.16 bits per heavy atom. The van der Waals surface area contributed by atoms with Gasteiger partial charge in [-0.2, -0.15) is 0 Å². The van der Waals surface area contributed by atoms with Gasteiger partial charge in [0, 0.05) is 18.4 Å². The molecule has 162 valence electrons. The first-order valence-electron chi connectivity index (χ1n) is 10.6. The van der Waals surface area contributed by atoms with Gasteiger partial charge in [-0.05, 0) is 41.5 Å². The normalized spacial score (nSPS) is 16.5. The number of hydrogen-bond donors (Lipinski definition) is 3. The standard InChI is InChI=1S/C24H26N2O5/c1-2-15(13-21(27)26-24(11-12-24)22(28)29)25-23(30)31-14-20-18-9-5-3-7-16(18)17-8-4-6-10-19(17)20/h3-10,15,20H,2,11-14H2,1H3,(H,25,30)(H,26,27)(H,28,29). The van der Waals surface area contributed by atoms with Crippen molar-refractivity contribution in [1.29, 1.82) is 0 Å². The molecular formula is C24H26N2O5. The molecule has 31 heavy (non-hydrogen) atoms. The number of carbonyl (C=O) groups is 3. The van der Waals surface area contributed by atoms with E-state index in [2.05, 4.69) is 34.9 Å². The van der Waals surface area contributed by atoms with Crippen LogP contribution in [0.2, 0.25) is 0 Å². The van der Waals surface area contributed by atoms with Gasteiger partial charge in [0.25, 0.3) is 0 Å². The molecule has 0 radical (unpaired) electrons. The smallest absolute Gasteiger partial charge is 0.407 e. The van der Waals surface area contributed by atoms with Crippen LogP contribution in [-0.2, 0) is 14.3 Å². The van der Waals surface area contributed by atoms with Crippen LogP contribution in [0.1, 0.15) is 49.7 Å². The van der Waals surface area contributed by atoms with Gasteiger partial charge in [0.2, 0.25) is 5.91 Å². The molecule has 0 spiro atoms. The monoisotopic (exact) mass is 422 g/mol. The zero-order chi connectivity index (χ0) is 22.0. The Kier molecular flexibility index (Phi) is 5.67. The predicted octanol–water partition coefficient (Wildman–Crippen LogP) is 3.43. The van der Waals surface area contributed by atoms with Crippen molar-refractivity contribution >= 4 is 18.0 Å². The Morgan fingerprint density at radius 1 is 1.06 bits per heavy atom. The lowest BCUT2D eigenvalue weighted by molar-refractivity contribution is -0.143. The average Bonchev–Trinajstić information content (AvgIpc) is 3.47. The molecule has 0 saturated heterocycles. The van der Waals surface area contributed by atoms with E-state index in [1.165, 1.54) is 0 Å². The molecule has 4 rings (SSSR count). The molecule has 2 amide bonds. The van der Waals surface area contributed by atoms with E-state index >= 15 is 0 Å². The maximum atomic E-state index is 12.4. The number of benzene rings is 2. The summed E-state index contributed by atoms with van der Waals surface area (Å²) in [6.45, 7) is 2.05. The zero-order valence-electron chi connectivity index (χ0n) is 17.4. The van der Waals surface area contributed by atoms with Gasteiger partial charge in [-0.15, -0.1) is 0 Å². The van der Waals surface area contributed by atoms with E-state index in [0.717, 1.165) is 22.3 Å². The summed E-state index contributed by atoms with van der Waals surface area (Å²) in [5.41, 5.74) is 3.45. The number of rotatable bonds is 8. The molecule has 1 unspecified atom stereocenters. The fraction of sp³-hybridized carbons (Fsp3) is 0.375. The van der Waals surface area contributed by atoms with Crippen molar-refractivity contribution in [2.45, 2.75) is 50.1 Å². The molecule has 2 aromatic carbocycles. The van der Waals surface area contributed by atoms with Gasteiger partial charge >= 0.3 is 12.1 Å². The molecular weight excluding hydrogens is 396 g/mol. The van der Waals surface area contributed by atoms with Gasteiger partial charge in [0.15, 0.2) is 0 Å². The Labute approximate surface area is 180 Å². The molecule has 7 heteroatoms. The number of hydrogen-bond acceptors (Lipinski definition) is 4. The number of carbonyl (C=O) groups excluding carboxylic acids is 2. The van der Waals surface area contributed by atoms with Crippen LogP contribution in [0.3, 0.4) is 0 Å². The van der Waals surface area contributed by atoms with E-state index in [1.807, 2.05) is 31.2 Å². The molecule has 2 aliphatic rings. The van der Waals surface area contributed by atoms with Crippen molar-refractivity contribution in [2.24, 2.45) is 0 Å². The van der Waals surface area contributed by atoms with Crippen LogP contribution >= 0.6 is 0 Å². The van der Waals surface area contributed by atoms with Crippen molar-refractivity contribution < 1.29 is 24.2 Å². The van der Waals surface area contributed by atoms with E-state index in [1.54, 1.807) is 0 Å². The summed E-state index contributed by atoms with van der Waals surface area (Å²) in [7, 11) is 0. The second kappa shape index (κ2) is 8.41. The molecule has 0 aliphatic heterocycles. The fourth-order valence-electron chi connectivity index (χ4n) is 4.16.